The van der Waals surface area contributed by atoms with E-state index >= 15 is 0 Å². The van der Waals surface area contributed by atoms with Crippen LogP contribution in [0.2, 0.25) is 0 Å². The van der Waals surface area contributed by atoms with Crippen molar-refractivity contribution in [1.82, 2.24) is 5.32 Å². The predicted molar refractivity (Wildman–Crippen MR) is 336 cm³/mol. The summed E-state index contributed by atoms with van der Waals surface area (Å²) in [5.41, 5.74) is 0. The van der Waals surface area contributed by atoms with Crippen LogP contribution >= 0.6 is 0 Å². The Morgan fingerprint density at radius 2 is 0.785 bits per heavy atom. The van der Waals surface area contributed by atoms with E-state index in [0.29, 0.717) is 19.3 Å². The SMILES string of the molecule is CC/C=C\C/C=C\C/C=C\C/C=C\C/C=C\C/C=C\C/C=C\C/C=C\C/C=C\C/C=C\C/C=C\C/C=C\CCCCC(=O)NC(COC1OC(CO)C(O)C(O)C1O)C(O)CCCCCCCCCCCCCCCCCCC. The van der Waals surface area contributed by atoms with Crippen LogP contribution in [-0.4, -0.2) is 87.5 Å². The first-order valence-electron chi connectivity index (χ1n) is 31.5. The van der Waals surface area contributed by atoms with Gasteiger partial charge in [0.05, 0.1) is 25.4 Å². The summed E-state index contributed by atoms with van der Waals surface area (Å²) >= 11 is 0. The van der Waals surface area contributed by atoms with Crippen LogP contribution in [0.5, 0.6) is 0 Å². The zero-order valence-electron chi connectivity index (χ0n) is 49.8. The number of aliphatic hydroxyl groups excluding tert-OH is 5. The number of carbonyl (C=O) groups excluding carboxylic acids is 1. The topological polar surface area (TPSA) is 149 Å². The van der Waals surface area contributed by atoms with Crippen LogP contribution in [0.4, 0.5) is 0 Å². The molecule has 0 aromatic carbocycles. The molecule has 0 radical (unpaired) electrons. The van der Waals surface area contributed by atoms with Gasteiger partial charge in [0.1, 0.15) is 24.4 Å². The van der Waals surface area contributed by atoms with E-state index < -0.39 is 49.5 Å². The van der Waals surface area contributed by atoms with Gasteiger partial charge in [-0.1, -0.05) is 269 Å². The molecule has 1 rings (SSSR count). The first-order chi connectivity index (χ1) is 38.8. The van der Waals surface area contributed by atoms with Crippen LogP contribution in [0, 0.1) is 0 Å². The molecular weight excluding hydrogens is 983 g/mol. The van der Waals surface area contributed by atoms with Gasteiger partial charge in [-0.15, -0.1) is 0 Å². The highest BCUT2D eigenvalue weighted by atomic mass is 16.7. The molecule has 1 aliphatic rings. The highest BCUT2D eigenvalue weighted by Crippen LogP contribution is 2.23. The van der Waals surface area contributed by atoms with Crippen LogP contribution < -0.4 is 5.32 Å². The number of ether oxygens (including phenoxy) is 2. The Morgan fingerprint density at radius 3 is 1.14 bits per heavy atom. The highest BCUT2D eigenvalue weighted by Gasteiger charge is 2.44. The largest absolute Gasteiger partial charge is 0.394 e. The van der Waals surface area contributed by atoms with Gasteiger partial charge in [-0.2, -0.15) is 0 Å². The first kappa shape index (κ1) is 73.1. The Kier molecular flexibility index (Phi) is 53.0. The Labute approximate surface area is 483 Å². The summed E-state index contributed by atoms with van der Waals surface area (Å²) in [5, 5.41) is 54.7. The average Bonchev–Trinajstić information content (AvgIpc) is 3.48. The molecule has 1 fully saturated rings. The molecule has 0 saturated carbocycles. The third-order valence-corrected chi connectivity index (χ3v) is 14.0. The van der Waals surface area contributed by atoms with Crippen molar-refractivity contribution in [2.24, 2.45) is 0 Å². The number of nitrogens with one attached hydrogen (secondary N) is 1. The molecule has 0 aromatic heterocycles. The van der Waals surface area contributed by atoms with E-state index in [2.05, 4.69) is 165 Å². The van der Waals surface area contributed by atoms with E-state index in [1.807, 2.05) is 0 Å². The van der Waals surface area contributed by atoms with E-state index in [1.54, 1.807) is 0 Å². The number of aliphatic hydroxyl groups is 5. The van der Waals surface area contributed by atoms with Gasteiger partial charge in [0.15, 0.2) is 6.29 Å². The second kappa shape index (κ2) is 57.3. The van der Waals surface area contributed by atoms with Crippen LogP contribution in [0.15, 0.2) is 146 Å². The van der Waals surface area contributed by atoms with Gasteiger partial charge in [-0.05, 0) is 103 Å². The van der Waals surface area contributed by atoms with Gasteiger partial charge >= 0.3 is 0 Å². The molecule has 0 bridgehead atoms. The average molecular weight is 1100 g/mol. The lowest BCUT2D eigenvalue weighted by molar-refractivity contribution is -0.302. The first-order valence-corrected chi connectivity index (χ1v) is 31.5. The number of rotatable bonds is 52. The number of unbranched alkanes of at least 4 members (excludes halogenated alkanes) is 18. The fourth-order valence-electron chi connectivity index (χ4n) is 9.02. The molecule has 1 saturated heterocycles. The number of hydrogen-bond acceptors (Lipinski definition) is 8. The minimum atomic E-state index is -1.57. The number of amides is 1. The van der Waals surface area contributed by atoms with Gasteiger partial charge in [-0.3, -0.25) is 4.79 Å². The van der Waals surface area contributed by atoms with Crippen molar-refractivity contribution >= 4 is 5.91 Å². The standard InChI is InChI=1S/C70H115NO8/c1-3-5-7-9-11-13-15-17-19-21-22-23-24-25-26-27-28-29-30-31-32-33-34-35-36-37-38-39-40-41-42-44-46-48-50-52-54-56-58-60-66(74)71-63(62-78-70-69(77)68(76)67(75)65(61-72)79-70)64(73)59-57-55-53-51-49-47-45-43-20-18-16-14-12-10-8-6-4-2/h5,7,11,13,17,19,22-23,25-26,28-29,31-32,34-35,37-38,40-41,44,46,50,52,63-65,67-70,72-73,75-77H,3-4,6,8-10,12,14-16,18,20-21,24,27,30,33,36,39,42-43,45,47-49,51,53-62H2,1-2H3,(H,71,74)/b7-5-,13-11-,19-17-,23-22-,26-25-,29-28-,32-31-,35-34-,38-37-,41-40-,46-44-,52-50-. The monoisotopic (exact) mass is 1100 g/mol. The van der Waals surface area contributed by atoms with E-state index in [1.165, 1.54) is 89.9 Å². The Balaban J connectivity index is 2.22. The van der Waals surface area contributed by atoms with Crippen LogP contribution in [-0.2, 0) is 14.3 Å². The van der Waals surface area contributed by atoms with Crippen molar-refractivity contribution in [1.29, 1.82) is 0 Å². The lowest BCUT2D eigenvalue weighted by atomic mass is 9.99. The van der Waals surface area contributed by atoms with Crippen LogP contribution in [0.3, 0.4) is 0 Å². The summed E-state index contributed by atoms with van der Waals surface area (Å²) in [4.78, 5) is 13.1. The van der Waals surface area contributed by atoms with E-state index in [4.69, 9.17) is 9.47 Å². The minimum Gasteiger partial charge on any atom is -0.394 e. The van der Waals surface area contributed by atoms with Crippen molar-refractivity contribution < 1.29 is 39.8 Å². The molecular formula is C70H115NO8. The zero-order valence-corrected chi connectivity index (χ0v) is 49.8. The third-order valence-electron chi connectivity index (χ3n) is 14.0. The molecule has 0 aliphatic carbocycles. The van der Waals surface area contributed by atoms with Crippen molar-refractivity contribution in [2.75, 3.05) is 13.2 Å². The maximum Gasteiger partial charge on any atom is 0.220 e. The molecule has 7 atom stereocenters. The summed E-state index contributed by atoms with van der Waals surface area (Å²) in [5.74, 6) is -0.191. The fourth-order valence-corrected chi connectivity index (χ4v) is 9.02. The minimum absolute atomic E-state index is 0.164. The molecule has 0 aromatic rings. The third kappa shape index (κ3) is 46.4. The summed E-state index contributed by atoms with van der Waals surface area (Å²) in [6, 6.07) is -0.754. The maximum atomic E-state index is 13.1. The lowest BCUT2D eigenvalue weighted by Crippen LogP contribution is -2.60. The molecule has 1 amide bonds. The van der Waals surface area contributed by atoms with Gasteiger partial charge < -0.3 is 40.3 Å². The van der Waals surface area contributed by atoms with Gasteiger partial charge in [-0.25, -0.2) is 0 Å². The van der Waals surface area contributed by atoms with Crippen molar-refractivity contribution in [2.45, 2.75) is 275 Å². The van der Waals surface area contributed by atoms with Crippen LogP contribution in [0.25, 0.3) is 0 Å². The summed E-state index contributed by atoms with van der Waals surface area (Å²) in [6.45, 7) is 3.70. The van der Waals surface area contributed by atoms with Crippen molar-refractivity contribution in [3.05, 3.63) is 146 Å². The molecule has 6 N–H and O–H groups in total. The summed E-state index contributed by atoms with van der Waals surface area (Å²) in [6.07, 6.45) is 81.7. The molecule has 1 heterocycles. The number of allylic oxidation sites excluding steroid dienone is 24. The quantitative estimate of drug-likeness (QED) is 0.0261. The molecule has 0 spiro atoms. The normalized spacial score (nSPS) is 19.6. The Bertz CT molecular complexity index is 1750. The van der Waals surface area contributed by atoms with Crippen LogP contribution in [0.1, 0.15) is 232 Å². The molecule has 7 unspecified atom stereocenters. The predicted octanol–water partition coefficient (Wildman–Crippen LogP) is 16.6. The second-order valence-corrected chi connectivity index (χ2v) is 21.1. The van der Waals surface area contributed by atoms with E-state index in [0.717, 1.165) is 109 Å². The summed E-state index contributed by atoms with van der Waals surface area (Å²) < 4.78 is 11.3. The second-order valence-electron chi connectivity index (χ2n) is 21.1. The van der Waals surface area contributed by atoms with Gasteiger partial charge in [0.2, 0.25) is 5.91 Å². The van der Waals surface area contributed by atoms with Gasteiger partial charge in [0, 0.05) is 6.42 Å². The molecule has 9 nitrogen and oxygen atoms in total. The number of carbonyl (C=O) groups is 1. The molecule has 79 heavy (non-hydrogen) atoms. The molecule has 448 valence electrons. The summed E-state index contributed by atoms with van der Waals surface area (Å²) in [7, 11) is 0. The van der Waals surface area contributed by atoms with Crippen molar-refractivity contribution in [3.63, 3.8) is 0 Å². The van der Waals surface area contributed by atoms with E-state index in [9.17, 15) is 30.3 Å². The van der Waals surface area contributed by atoms with Gasteiger partial charge in [0.25, 0.3) is 0 Å². The van der Waals surface area contributed by atoms with Crippen molar-refractivity contribution in [3.8, 4) is 0 Å². The number of hydrogen-bond donors (Lipinski definition) is 6. The maximum absolute atomic E-state index is 13.1. The molecule has 9 heteroatoms. The Morgan fingerprint density at radius 1 is 0.443 bits per heavy atom. The zero-order chi connectivity index (χ0) is 57.2. The fraction of sp³-hybridized carbons (Fsp3) is 0.643. The van der Waals surface area contributed by atoms with E-state index in [-0.39, 0.29) is 12.5 Å². The Hall–Kier alpha value is -3.93. The smallest absolute Gasteiger partial charge is 0.220 e. The highest BCUT2D eigenvalue weighted by molar-refractivity contribution is 5.76. The molecule has 1 aliphatic heterocycles. The lowest BCUT2D eigenvalue weighted by Gasteiger charge is -2.40.